The van der Waals surface area contributed by atoms with Crippen molar-refractivity contribution in [1.29, 1.82) is 0 Å². The van der Waals surface area contributed by atoms with Gasteiger partial charge in [0.15, 0.2) is 23.0 Å². The van der Waals surface area contributed by atoms with Gasteiger partial charge in [0.05, 0.1) is 45.7 Å². The fourth-order valence-corrected chi connectivity index (χ4v) is 5.42. The zero-order valence-electron chi connectivity index (χ0n) is 24.6. The van der Waals surface area contributed by atoms with E-state index in [1.807, 2.05) is 36.4 Å². The number of rotatable bonds is 10. The van der Waals surface area contributed by atoms with Crippen LogP contribution in [-0.4, -0.2) is 51.5 Å². The fourth-order valence-electron chi connectivity index (χ4n) is 4.72. The Bertz CT molecular complexity index is 1910. The van der Waals surface area contributed by atoms with Crippen LogP contribution in [0.5, 0.6) is 28.7 Å². The molecule has 0 atom stereocenters. The molecule has 1 amide bonds. The van der Waals surface area contributed by atoms with Gasteiger partial charge in [0, 0.05) is 26.0 Å². The van der Waals surface area contributed by atoms with Crippen molar-refractivity contribution in [2.45, 2.75) is 0 Å². The zero-order valence-corrected chi connectivity index (χ0v) is 26.9. The molecule has 10 nitrogen and oxygen atoms in total. The van der Waals surface area contributed by atoms with Gasteiger partial charge in [-0.15, -0.1) is 0 Å². The molecule has 45 heavy (non-hydrogen) atoms. The molecular formula is C33H27BrClN3O7. The molecule has 12 heteroatoms. The maximum Gasteiger partial charge on any atom is 0.343 e. The van der Waals surface area contributed by atoms with Gasteiger partial charge in [-0.3, -0.25) is 4.79 Å². The van der Waals surface area contributed by atoms with Gasteiger partial charge >= 0.3 is 5.97 Å². The first kappa shape index (κ1) is 31.4. The highest BCUT2D eigenvalue weighted by atomic mass is 79.9. The summed E-state index contributed by atoms with van der Waals surface area (Å²) < 4.78 is 27.8. The summed E-state index contributed by atoms with van der Waals surface area (Å²) in [5.74, 6) is 0.278. The monoisotopic (exact) mass is 691 g/mol. The second-order valence-electron chi connectivity index (χ2n) is 9.43. The van der Waals surface area contributed by atoms with E-state index < -0.39 is 11.9 Å². The Kier molecular flexibility index (Phi) is 9.60. The minimum Gasteiger partial charge on any atom is -0.493 e. The maximum atomic E-state index is 13.4. The molecule has 0 aliphatic carbocycles. The number of carbonyl (C=O) groups is 2. The average molecular weight is 693 g/mol. The molecule has 4 aromatic carbocycles. The van der Waals surface area contributed by atoms with Crippen molar-refractivity contribution in [2.24, 2.45) is 5.10 Å². The lowest BCUT2D eigenvalue weighted by atomic mass is 10.0. The van der Waals surface area contributed by atoms with Gasteiger partial charge in [-0.05, 0) is 64.0 Å². The second-order valence-corrected chi connectivity index (χ2v) is 10.7. The van der Waals surface area contributed by atoms with Crippen LogP contribution in [0.2, 0.25) is 5.02 Å². The van der Waals surface area contributed by atoms with Crippen LogP contribution in [-0.2, 0) is 0 Å². The van der Waals surface area contributed by atoms with E-state index in [2.05, 4.69) is 31.4 Å². The molecule has 0 radical (unpaired) electrons. The Morgan fingerprint density at radius 2 is 1.56 bits per heavy atom. The van der Waals surface area contributed by atoms with Crippen molar-refractivity contribution >= 4 is 56.5 Å². The van der Waals surface area contributed by atoms with Crippen molar-refractivity contribution in [3.05, 3.63) is 99.1 Å². The number of methoxy groups -OCH3 is 4. The highest BCUT2D eigenvalue weighted by Crippen LogP contribution is 2.40. The molecule has 230 valence electrons. The molecule has 1 aromatic heterocycles. The number of para-hydroxylation sites is 1. The largest absolute Gasteiger partial charge is 0.493 e. The zero-order chi connectivity index (χ0) is 32.1. The number of hydrogen-bond acceptors (Lipinski definition) is 8. The molecule has 0 spiro atoms. The highest BCUT2D eigenvalue weighted by molar-refractivity contribution is 9.10. The lowest BCUT2D eigenvalue weighted by Crippen LogP contribution is -2.19. The standard InChI is InChI=1S/C33H27BrClN3O7/c1-41-25-14-18(12-13-24(25)45-33(40)19-15-26(42-2)31(44-4)27(16-19)43-3)17-36-38-32(39)30-28(20-8-5-6-11-23(20)35)21-9-7-10-22(34)29(21)37-30/h5-17,37H,1-4H3,(H,38,39). The molecule has 0 fully saturated rings. The quantitative estimate of drug-likeness (QED) is 0.0684. The number of hydrazone groups is 1. The van der Waals surface area contributed by atoms with Gasteiger partial charge in [-0.1, -0.05) is 41.9 Å². The van der Waals surface area contributed by atoms with E-state index >= 15 is 0 Å². The number of H-pyrrole nitrogens is 1. The lowest BCUT2D eigenvalue weighted by molar-refractivity contribution is 0.0728. The number of nitrogens with zero attached hydrogens (tertiary/aromatic N) is 1. The third kappa shape index (κ3) is 6.45. The van der Waals surface area contributed by atoms with Crippen molar-refractivity contribution in [1.82, 2.24) is 10.4 Å². The number of hydrogen-bond donors (Lipinski definition) is 2. The number of amides is 1. The molecule has 0 bridgehead atoms. The summed E-state index contributed by atoms with van der Waals surface area (Å²) in [5.41, 5.74) is 5.75. The van der Waals surface area contributed by atoms with Crippen LogP contribution in [0.15, 0.2) is 82.4 Å². The number of ether oxygens (including phenoxy) is 5. The number of fused-ring (bicyclic) bond motifs is 1. The van der Waals surface area contributed by atoms with Crippen molar-refractivity contribution < 1.29 is 33.3 Å². The van der Waals surface area contributed by atoms with Crippen LogP contribution in [0.1, 0.15) is 26.4 Å². The summed E-state index contributed by atoms with van der Waals surface area (Å²) in [6.07, 6.45) is 1.44. The molecule has 0 unspecified atom stereocenters. The molecule has 1 heterocycles. The minimum absolute atomic E-state index is 0.172. The van der Waals surface area contributed by atoms with Gasteiger partial charge in [-0.25, -0.2) is 10.2 Å². The molecule has 0 saturated heterocycles. The summed E-state index contributed by atoms with van der Waals surface area (Å²) in [6.45, 7) is 0. The van der Waals surface area contributed by atoms with Gasteiger partial charge in [-0.2, -0.15) is 5.10 Å². The third-order valence-corrected chi connectivity index (χ3v) is 7.81. The first-order valence-electron chi connectivity index (χ1n) is 13.4. The molecule has 0 aliphatic heterocycles. The van der Waals surface area contributed by atoms with Gasteiger partial charge in [0.25, 0.3) is 5.91 Å². The van der Waals surface area contributed by atoms with Gasteiger partial charge in [0.1, 0.15) is 5.69 Å². The number of aromatic amines is 1. The van der Waals surface area contributed by atoms with Crippen LogP contribution >= 0.6 is 27.5 Å². The van der Waals surface area contributed by atoms with Crippen LogP contribution < -0.4 is 29.1 Å². The molecule has 0 aliphatic rings. The predicted molar refractivity (Wildman–Crippen MR) is 176 cm³/mol. The number of carbonyl (C=O) groups excluding carboxylic acids is 2. The molecule has 5 rings (SSSR count). The molecular weight excluding hydrogens is 666 g/mol. The van der Waals surface area contributed by atoms with Crippen molar-refractivity contribution in [3.63, 3.8) is 0 Å². The Hall–Kier alpha value is -5.00. The van der Waals surface area contributed by atoms with Crippen LogP contribution in [0.4, 0.5) is 0 Å². The fraction of sp³-hybridized carbons (Fsp3) is 0.121. The average Bonchev–Trinajstić information content (AvgIpc) is 3.45. The van der Waals surface area contributed by atoms with E-state index in [9.17, 15) is 9.59 Å². The SMILES string of the molecule is COc1cc(C=NNC(=O)c2[nH]c3c(Br)cccc3c2-c2ccccc2Cl)ccc1OC(=O)c1cc(OC)c(OC)c(OC)c1. The summed E-state index contributed by atoms with van der Waals surface area (Å²) in [7, 11) is 5.82. The highest BCUT2D eigenvalue weighted by Gasteiger charge is 2.22. The van der Waals surface area contributed by atoms with Crippen LogP contribution in [0.3, 0.4) is 0 Å². The maximum absolute atomic E-state index is 13.4. The Balaban J connectivity index is 1.36. The van der Waals surface area contributed by atoms with Crippen LogP contribution in [0, 0.1) is 0 Å². The van der Waals surface area contributed by atoms with E-state index in [0.717, 1.165) is 15.4 Å². The number of halogens is 2. The van der Waals surface area contributed by atoms with Gasteiger partial charge in [0.2, 0.25) is 5.75 Å². The number of esters is 1. The predicted octanol–water partition coefficient (Wildman–Crippen LogP) is 7.27. The van der Waals surface area contributed by atoms with E-state index in [0.29, 0.717) is 44.7 Å². The summed E-state index contributed by atoms with van der Waals surface area (Å²) in [6, 6.07) is 20.8. The number of aromatic nitrogens is 1. The lowest BCUT2D eigenvalue weighted by Gasteiger charge is -2.14. The second kappa shape index (κ2) is 13.7. The molecule has 5 aromatic rings. The van der Waals surface area contributed by atoms with Crippen LogP contribution in [0.25, 0.3) is 22.0 Å². The first-order valence-corrected chi connectivity index (χ1v) is 14.5. The Morgan fingerprint density at radius 1 is 0.844 bits per heavy atom. The topological polar surface area (TPSA) is 120 Å². The van der Waals surface area contributed by atoms with E-state index in [1.165, 1.54) is 46.8 Å². The van der Waals surface area contributed by atoms with Crippen molar-refractivity contribution in [3.8, 4) is 39.9 Å². The summed E-state index contributed by atoms with van der Waals surface area (Å²) in [4.78, 5) is 29.6. The first-order chi connectivity index (χ1) is 21.8. The Labute approximate surface area is 272 Å². The number of benzene rings is 4. The third-order valence-electron chi connectivity index (χ3n) is 6.82. The Morgan fingerprint density at radius 3 is 2.22 bits per heavy atom. The van der Waals surface area contributed by atoms with E-state index in [1.54, 1.807) is 24.3 Å². The van der Waals surface area contributed by atoms with E-state index in [4.69, 9.17) is 35.3 Å². The van der Waals surface area contributed by atoms with E-state index in [-0.39, 0.29) is 17.1 Å². The molecule has 0 saturated carbocycles. The van der Waals surface area contributed by atoms with Crippen molar-refractivity contribution in [2.75, 3.05) is 28.4 Å². The number of nitrogens with one attached hydrogen (secondary N) is 2. The summed E-state index contributed by atoms with van der Waals surface area (Å²) in [5, 5.41) is 5.48. The molecule has 2 N–H and O–H groups in total. The smallest absolute Gasteiger partial charge is 0.343 e. The summed E-state index contributed by atoms with van der Waals surface area (Å²) >= 11 is 10.1. The van der Waals surface area contributed by atoms with Gasteiger partial charge < -0.3 is 28.7 Å². The normalized spacial score (nSPS) is 11.0. The minimum atomic E-state index is -0.666.